The van der Waals surface area contributed by atoms with Crippen LogP contribution in [0.1, 0.15) is 38.8 Å². The zero-order valence-electron chi connectivity index (χ0n) is 11.1. The molecule has 4 heteroatoms. The molecule has 0 fully saturated rings. The van der Waals surface area contributed by atoms with E-state index in [9.17, 15) is 4.79 Å². The maximum Gasteiger partial charge on any atom is 0.230 e. The Hall–Kier alpha value is -0.670. The minimum Gasteiger partial charge on any atom is -0.349 e. The molecule has 2 nitrogen and oxygen atoms in total. The van der Waals surface area contributed by atoms with Gasteiger partial charge in [-0.2, -0.15) is 0 Å². The van der Waals surface area contributed by atoms with Crippen molar-refractivity contribution in [2.24, 2.45) is 0 Å². The van der Waals surface area contributed by atoms with Crippen molar-refractivity contribution >= 4 is 29.3 Å². The molecule has 1 aromatic carbocycles. The summed E-state index contributed by atoms with van der Waals surface area (Å²) in [5, 5.41) is 4.19. The van der Waals surface area contributed by atoms with Crippen LogP contribution >= 0.6 is 23.4 Å². The third kappa shape index (κ3) is 4.91. The number of nitrogens with one attached hydrogen (secondary N) is 1. The molecule has 0 saturated heterocycles. The van der Waals surface area contributed by atoms with Crippen LogP contribution < -0.4 is 5.32 Å². The van der Waals surface area contributed by atoms with Crippen LogP contribution in [0.5, 0.6) is 0 Å². The average molecular weight is 286 g/mol. The lowest BCUT2D eigenvalue weighted by Crippen LogP contribution is -2.28. The Balaban J connectivity index is 2.47. The second-order valence-corrected chi connectivity index (χ2v) is 6.17. The van der Waals surface area contributed by atoms with Crippen molar-refractivity contribution in [3.05, 3.63) is 34.9 Å². The molecular formula is C14H20ClNOS. The van der Waals surface area contributed by atoms with Gasteiger partial charge in [-0.15, -0.1) is 11.8 Å². The minimum atomic E-state index is -0.0521. The van der Waals surface area contributed by atoms with E-state index >= 15 is 0 Å². The summed E-state index contributed by atoms with van der Waals surface area (Å²) in [5.74, 6) is 0.566. The lowest BCUT2D eigenvalue weighted by molar-refractivity contribution is -0.119. The normalized spacial score (nSPS) is 14.0. The fraction of sp³-hybridized carbons (Fsp3) is 0.500. The molecule has 0 unspecified atom stereocenters. The monoisotopic (exact) mass is 285 g/mol. The Bertz CT molecular complexity index is 397. The molecule has 1 rings (SSSR count). The zero-order valence-corrected chi connectivity index (χ0v) is 12.6. The summed E-state index contributed by atoms with van der Waals surface area (Å²) in [6.45, 7) is 6.21. The molecule has 0 aliphatic rings. The number of hydrogen-bond acceptors (Lipinski definition) is 2. The summed E-state index contributed by atoms with van der Waals surface area (Å²) in [6.07, 6.45) is 1.08. The van der Waals surface area contributed by atoms with E-state index in [0.717, 1.165) is 12.0 Å². The van der Waals surface area contributed by atoms with E-state index in [4.69, 9.17) is 11.6 Å². The Labute approximate surface area is 118 Å². The van der Waals surface area contributed by atoms with Gasteiger partial charge in [-0.25, -0.2) is 0 Å². The number of halogens is 1. The van der Waals surface area contributed by atoms with Gasteiger partial charge < -0.3 is 5.32 Å². The van der Waals surface area contributed by atoms with Crippen molar-refractivity contribution in [3.63, 3.8) is 0 Å². The average Bonchev–Trinajstić information content (AvgIpc) is 2.36. The predicted molar refractivity (Wildman–Crippen MR) is 80.2 cm³/mol. The van der Waals surface area contributed by atoms with Crippen LogP contribution in [0.3, 0.4) is 0 Å². The summed E-state index contributed by atoms with van der Waals surface area (Å²) >= 11 is 7.78. The first kappa shape index (κ1) is 15.4. The van der Waals surface area contributed by atoms with E-state index in [1.165, 1.54) is 0 Å². The van der Waals surface area contributed by atoms with Gasteiger partial charge in [-0.3, -0.25) is 4.79 Å². The van der Waals surface area contributed by atoms with Crippen molar-refractivity contribution in [1.82, 2.24) is 5.32 Å². The van der Waals surface area contributed by atoms with Gasteiger partial charge in [0.1, 0.15) is 0 Å². The van der Waals surface area contributed by atoms with Gasteiger partial charge in [0.2, 0.25) is 5.91 Å². The fourth-order valence-electron chi connectivity index (χ4n) is 1.52. The highest BCUT2D eigenvalue weighted by Gasteiger charge is 2.12. The lowest BCUT2D eigenvalue weighted by Gasteiger charge is -2.16. The van der Waals surface area contributed by atoms with Crippen LogP contribution in [0.2, 0.25) is 5.02 Å². The Morgan fingerprint density at radius 1 is 1.39 bits per heavy atom. The molecule has 0 aliphatic carbocycles. The Morgan fingerprint density at radius 2 is 2.06 bits per heavy atom. The third-order valence-corrected chi connectivity index (χ3v) is 4.50. The second kappa shape index (κ2) is 7.70. The standard InChI is InChI=1S/C14H20ClNOS/c1-4-10(2)18-9-14(17)16-11(3)12-7-5-6-8-13(12)15/h5-8,10-11H,4,9H2,1-3H3,(H,16,17)/t10-,11+/m1/s1. The smallest absolute Gasteiger partial charge is 0.230 e. The van der Waals surface area contributed by atoms with Crippen molar-refractivity contribution in [3.8, 4) is 0 Å². The first-order valence-electron chi connectivity index (χ1n) is 6.20. The largest absolute Gasteiger partial charge is 0.349 e. The lowest BCUT2D eigenvalue weighted by atomic mass is 10.1. The fourth-order valence-corrected chi connectivity index (χ4v) is 2.58. The summed E-state index contributed by atoms with van der Waals surface area (Å²) in [7, 11) is 0. The van der Waals surface area contributed by atoms with E-state index in [-0.39, 0.29) is 11.9 Å². The highest BCUT2D eigenvalue weighted by atomic mass is 35.5. The Morgan fingerprint density at radius 3 is 2.67 bits per heavy atom. The van der Waals surface area contributed by atoms with Crippen LogP contribution in [-0.4, -0.2) is 16.9 Å². The van der Waals surface area contributed by atoms with E-state index in [0.29, 0.717) is 16.0 Å². The van der Waals surface area contributed by atoms with Gasteiger partial charge in [0.15, 0.2) is 0 Å². The summed E-state index contributed by atoms with van der Waals surface area (Å²) in [5.41, 5.74) is 0.959. The van der Waals surface area contributed by atoms with Gasteiger partial charge in [-0.1, -0.05) is 43.6 Å². The molecule has 0 radical (unpaired) electrons. The van der Waals surface area contributed by atoms with Crippen LogP contribution in [0.4, 0.5) is 0 Å². The number of thioether (sulfide) groups is 1. The van der Waals surface area contributed by atoms with Gasteiger partial charge in [0.25, 0.3) is 0 Å². The van der Waals surface area contributed by atoms with Crippen LogP contribution in [-0.2, 0) is 4.79 Å². The van der Waals surface area contributed by atoms with Crippen LogP contribution in [0.25, 0.3) is 0 Å². The summed E-state index contributed by atoms with van der Waals surface area (Å²) in [6, 6.07) is 7.54. The van der Waals surface area contributed by atoms with E-state index in [1.807, 2.05) is 31.2 Å². The SMILES string of the molecule is CC[C@@H](C)SCC(=O)N[C@@H](C)c1ccccc1Cl. The second-order valence-electron chi connectivity index (χ2n) is 4.34. The number of rotatable bonds is 6. The molecule has 0 aliphatic heterocycles. The van der Waals surface area contributed by atoms with Gasteiger partial charge in [0.05, 0.1) is 11.8 Å². The molecule has 1 amide bonds. The number of carbonyl (C=O) groups excluding carboxylic acids is 1. The molecule has 100 valence electrons. The number of carbonyl (C=O) groups is 1. The van der Waals surface area contributed by atoms with E-state index in [1.54, 1.807) is 11.8 Å². The third-order valence-electron chi connectivity index (χ3n) is 2.82. The molecule has 18 heavy (non-hydrogen) atoms. The first-order valence-corrected chi connectivity index (χ1v) is 7.62. The van der Waals surface area contributed by atoms with Crippen LogP contribution in [0, 0.1) is 0 Å². The molecule has 0 aromatic heterocycles. The summed E-state index contributed by atoms with van der Waals surface area (Å²) in [4.78, 5) is 11.8. The van der Waals surface area contributed by atoms with Crippen LogP contribution in [0.15, 0.2) is 24.3 Å². The van der Waals surface area contributed by atoms with Crippen molar-refractivity contribution in [2.75, 3.05) is 5.75 Å². The maximum atomic E-state index is 11.8. The number of benzene rings is 1. The van der Waals surface area contributed by atoms with Gasteiger partial charge in [-0.05, 0) is 25.0 Å². The van der Waals surface area contributed by atoms with E-state index < -0.39 is 0 Å². The van der Waals surface area contributed by atoms with Crippen molar-refractivity contribution in [1.29, 1.82) is 0 Å². The number of amides is 1. The quantitative estimate of drug-likeness (QED) is 0.854. The molecule has 0 bridgehead atoms. The Kier molecular flexibility index (Phi) is 6.58. The number of hydrogen-bond donors (Lipinski definition) is 1. The molecule has 1 N–H and O–H groups in total. The highest BCUT2D eigenvalue weighted by molar-refractivity contribution is 8.00. The van der Waals surface area contributed by atoms with E-state index in [2.05, 4.69) is 19.2 Å². The minimum absolute atomic E-state index is 0.0521. The predicted octanol–water partition coefficient (Wildman–Crippen LogP) is 4.05. The topological polar surface area (TPSA) is 29.1 Å². The van der Waals surface area contributed by atoms with Crippen molar-refractivity contribution < 1.29 is 4.79 Å². The molecular weight excluding hydrogens is 266 g/mol. The zero-order chi connectivity index (χ0) is 13.5. The highest BCUT2D eigenvalue weighted by Crippen LogP contribution is 2.22. The molecule has 0 saturated carbocycles. The first-order chi connectivity index (χ1) is 8.54. The van der Waals surface area contributed by atoms with Crippen molar-refractivity contribution in [2.45, 2.75) is 38.5 Å². The van der Waals surface area contributed by atoms with Gasteiger partial charge >= 0.3 is 0 Å². The molecule has 2 atom stereocenters. The van der Waals surface area contributed by atoms with Gasteiger partial charge in [0, 0.05) is 10.3 Å². The molecule has 0 heterocycles. The summed E-state index contributed by atoms with van der Waals surface area (Å²) < 4.78 is 0. The molecule has 0 spiro atoms. The maximum absolute atomic E-state index is 11.8. The molecule has 1 aromatic rings.